The molecule has 1 aromatic carbocycles. The molecule has 3 rings (SSSR count). The molecule has 2 N–H and O–H groups in total. The van der Waals surface area contributed by atoms with Crippen LogP contribution < -0.4 is 20.3 Å². The second kappa shape index (κ2) is 5.88. The van der Waals surface area contributed by atoms with Gasteiger partial charge in [0.15, 0.2) is 11.5 Å². The first-order valence-corrected chi connectivity index (χ1v) is 6.82. The summed E-state index contributed by atoms with van der Waals surface area (Å²) in [5.41, 5.74) is 1.62. The van der Waals surface area contributed by atoms with Crippen molar-refractivity contribution in [3.05, 3.63) is 51.7 Å². The third kappa shape index (κ3) is 2.93. The summed E-state index contributed by atoms with van der Waals surface area (Å²) in [6.07, 6.45) is 1.37. The zero-order chi connectivity index (χ0) is 15.5. The van der Waals surface area contributed by atoms with Gasteiger partial charge in [0, 0.05) is 12.1 Å². The Labute approximate surface area is 126 Å². The number of aromatic nitrogens is 2. The van der Waals surface area contributed by atoms with Crippen molar-refractivity contribution in [2.75, 3.05) is 6.79 Å². The van der Waals surface area contributed by atoms with Crippen molar-refractivity contribution in [2.45, 2.75) is 19.9 Å². The second-order valence-corrected chi connectivity index (χ2v) is 4.94. The van der Waals surface area contributed by atoms with Crippen LogP contribution in [0, 0.1) is 6.92 Å². The van der Waals surface area contributed by atoms with E-state index in [1.165, 1.54) is 6.33 Å². The fourth-order valence-electron chi connectivity index (χ4n) is 2.15. The van der Waals surface area contributed by atoms with E-state index in [4.69, 9.17) is 9.47 Å². The molecule has 114 valence electrons. The molecule has 1 aliphatic rings. The Morgan fingerprint density at radius 2 is 2.18 bits per heavy atom. The number of H-pyrrole nitrogens is 1. The summed E-state index contributed by atoms with van der Waals surface area (Å²) in [6, 6.07) is 5.51. The maximum atomic E-state index is 12.0. The number of nitrogens with one attached hydrogen (secondary N) is 2. The second-order valence-electron chi connectivity index (χ2n) is 4.94. The minimum atomic E-state index is -0.228. The number of hydrogen-bond acceptors (Lipinski definition) is 5. The van der Waals surface area contributed by atoms with E-state index in [1.807, 2.05) is 18.2 Å². The highest BCUT2D eigenvalue weighted by Crippen LogP contribution is 2.32. The van der Waals surface area contributed by atoms with Gasteiger partial charge in [-0.1, -0.05) is 6.07 Å². The van der Waals surface area contributed by atoms with E-state index >= 15 is 0 Å². The lowest BCUT2D eigenvalue weighted by molar-refractivity contribution is -0.120. The Morgan fingerprint density at radius 1 is 1.36 bits per heavy atom. The first kappa shape index (κ1) is 14.1. The van der Waals surface area contributed by atoms with E-state index in [0.29, 0.717) is 29.3 Å². The topological polar surface area (TPSA) is 93.3 Å². The van der Waals surface area contributed by atoms with E-state index in [0.717, 1.165) is 5.56 Å². The van der Waals surface area contributed by atoms with Gasteiger partial charge in [0.25, 0.3) is 5.56 Å². The van der Waals surface area contributed by atoms with Gasteiger partial charge in [-0.15, -0.1) is 0 Å². The molecular formula is C15H15N3O4. The minimum Gasteiger partial charge on any atom is -0.454 e. The summed E-state index contributed by atoms with van der Waals surface area (Å²) in [6.45, 7) is 2.24. The first-order valence-electron chi connectivity index (χ1n) is 6.82. The number of carbonyl (C=O) groups excluding carboxylic acids is 1. The standard InChI is InChI=1S/C15H15N3O4/c1-9-11(17-7-18-15(9)20)5-14(19)16-6-10-2-3-12-13(4-10)22-8-21-12/h2-4,7H,5-6,8H2,1H3,(H,16,19)(H,17,18,20). The van der Waals surface area contributed by atoms with Gasteiger partial charge in [-0.3, -0.25) is 9.59 Å². The lowest BCUT2D eigenvalue weighted by atomic mass is 10.1. The summed E-state index contributed by atoms with van der Waals surface area (Å²) in [7, 11) is 0. The fraction of sp³-hybridized carbons (Fsp3) is 0.267. The van der Waals surface area contributed by atoms with E-state index in [1.54, 1.807) is 6.92 Å². The number of benzene rings is 1. The van der Waals surface area contributed by atoms with Crippen molar-refractivity contribution in [2.24, 2.45) is 0 Å². The van der Waals surface area contributed by atoms with Crippen LogP contribution in [0.5, 0.6) is 11.5 Å². The highest BCUT2D eigenvalue weighted by atomic mass is 16.7. The molecular weight excluding hydrogens is 286 g/mol. The molecule has 0 fully saturated rings. The van der Waals surface area contributed by atoms with Crippen molar-refractivity contribution in [1.29, 1.82) is 0 Å². The lowest BCUT2D eigenvalue weighted by Gasteiger charge is -2.07. The van der Waals surface area contributed by atoms with Gasteiger partial charge in [0.05, 0.1) is 18.4 Å². The van der Waals surface area contributed by atoms with Crippen molar-refractivity contribution in [3.8, 4) is 11.5 Å². The van der Waals surface area contributed by atoms with Crippen molar-refractivity contribution < 1.29 is 14.3 Å². The third-order valence-electron chi connectivity index (χ3n) is 3.44. The third-order valence-corrected chi connectivity index (χ3v) is 3.44. The minimum absolute atomic E-state index is 0.0697. The summed E-state index contributed by atoms with van der Waals surface area (Å²) in [5, 5.41) is 2.80. The molecule has 7 nitrogen and oxygen atoms in total. The Hall–Kier alpha value is -2.83. The van der Waals surface area contributed by atoms with Crippen LogP contribution >= 0.6 is 0 Å². The molecule has 7 heteroatoms. The van der Waals surface area contributed by atoms with Crippen LogP contribution in [-0.2, 0) is 17.8 Å². The van der Waals surface area contributed by atoms with Crippen LogP contribution in [0.25, 0.3) is 0 Å². The summed E-state index contributed by atoms with van der Waals surface area (Å²) in [5.74, 6) is 1.19. The Bertz CT molecular complexity index is 770. The van der Waals surface area contributed by atoms with Crippen LogP contribution in [0.15, 0.2) is 29.3 Å². The van der Waals surface area contributed by atoms with Gasteiger partial charge in [0.1, 0.15) is 0 Å². The number of aromatic amines is 1. The Balaban J connectivity index is 1.60. The molecule has 1 aliphatic heterocycles. The molecule has 0 aliphatic carbocycles. The molecule has 0 spiro atoms. The molecule has 2 aromatic rings. The molecule has 22 heavy (non-hydrogen) atoms. The van der Waals surface area contributed by atoms with Gasteiger partial charge >= 0.3 is 0 Å². The van der Waals surface area contributed by atoms with Crippen molar-refractivity contribution in [3.63, 3.8) is 0 Å². The van der Waals surface area contributed by atoms with E-state index in [9.17, 15) is 9.59 Å². The van der Waals surface area contributed by atoms with Crippen LogP contribution in [-0.4, -0.2) is 22.7 Å². The number of amides is 1. The van der Waals surface area contributed by atoms with Gasteiger partial charge < -0.3 is 19.8 Å². The van der Waals surface area contributed by atoms with Crippen molar-refractivity contribution >= 4 is 5.91 Å². The summed E-state index contributed by atoms with van der Waals surface area (Å²) >= 11 is 0. The molecule has 0 bridgehead atoms. The van der Waals surface area contributed by atoms with Gasteiger partial charge in [-0.25, -0.2) is 4.98 Å². The lowest BCUT2D eigenvalue weighted by Crippen LogP contribution is -2.26. The zero-order valence-corrected chi connectivity index (χ0v) is 12.0. The molecule has 0 atom stereocenters. The van der Waals surface area contributed by atoms with Crippen LogP contribution in [0.4, 0.5) is 0 Å². The zero-order valence-electron chi connectivity index (χ0n) is 12.0. The normalized spacial score (nSPS) is 12.2. The Morgan fingerprint density at radius 3 is 3.05 bits per heavy atom. The maximum absolute atomic E-state index is 12.0. The average Bonchev–Trinajstić information content (AvgIpc) is 2.97. The monoisotopic (exact) mass is 301 g/mol. The van der Waals surface area contributed by atoms with Crippen molar-refractivity contribution in [1.82, 2.24) is 15.3 Å². The maximum Gasteiger partial charge on any atom is 0.253 e. The summed E-state index contributed by atoms with van der Waals surface area (Å²) < 4.78 is 10.5. The van der Waals surface area contributed by atoms with Crippen LogP contribution in [0.1, 0.15) is 16.8 Å². The number of ether oxygens (including phenoxy) is 2. The fourth-order valence-corrected chi connectivity index (χ4v) is 2.15. The molecule has 0 radical (unpaired) electrons. The number of nitrogens with zero attached hydrogens (tertiary/aromatic N) is 1. The Kier molecular flexibility index (Phi) is 3.78. The first-order chi connectivity index (χ1) is 10.6. The molecule has 1 aromatic heterocycles. The van der Waals surface area contributed by atoms with E-state index < -0.39 is 0 Å². The van der Waals surface area contributed by atoms with Gasteiger partial charge in [-0.05, 0) is 24.6 Å². The number of fused-ring (bicyclic) bond motifs is 1. The largest absolute Gasteiger partial charge is 0.454 e. The highest BCUT2D eigenvalue weighted by molar-refractivity contribution is 5.78. The van der Waals surface area contributed by atoms with Gasteiger partial charge in [-0.2, -0.15) is 0 Å². The molecule has 1 amide bonds. The van der Waals surface area contributed by atoms with Gasteiger partial charge in [0.2, 0.25) is 12.7 Å². The number of carbonyl (C=O) groups is 1. The predicted molar refractivity (Wildman–Crippen MR) is 77.7 cm³/mol. The number of hydrogen-bond donors (Lipinski definition) is 2. The molecule has 0 unspecified atom stereocenters. The quantitative estimate of drug-likeness (QED) is 0.865. The molecule has 0 saturated carbocycles. The van der Waals surface area contributed by atoms with E-state index in [2.05, 4.69) is 15.3 Å². The molecule has 0 saturated heterocycles. The number of rotatable bonds is 4. The molecule has 2 heterocycles. The smallest absolute Gasteiger partial charge is 0.253 e. The highest BCUT2D eigenvalue weighted by Gasteiger charge is 2.14. The summed E-state index contributed by atoms with van der Waals surface area (Å²) in [4.78, 5) is 29.9. The van der Waals surface area contributed by atoms with E-state index in [-0.39, 0.29) is 24.7 Å². The average molecular weight is 301 g/mol. The van der Waals surface area contributed by atoms with Crippen LogP contribution in [0.3, 0.4) is 0 Å². The SMILES string of the molecule is Cc1c(CC(=O)NCc2ccc3c(c2)OCO3)nc[nH]c1=O. The predicted octanol–water partition coefficient (Wildman–Crippen LogP) is 0.666. The van der Waals surface area contributed by atoms with Crippen LogP contribution in [0.2, 0.25) is 0 Å².